The Labute approximate surface area is 140 Å². The van der Waals surface area contributed by atoms with Crippen LogP contribution >= 0.6 is 0 Å². The van der Waals surface area contributed by atoms with Crippen LogP contribution in [0.4, 0.5) is 8.78 Å². The number of carbonyl (C=O) groups is 1. The molecule has 1 amide bonds. The number of amides is 1. The highest BCUT2D eigenvalue weighted by atomic mass is 19.3. The Kier molecular flexibility index (Phi) is 5.31. The molecule has 0 bridgehead atoms. The van der Waals surface area contributed by atoms with Gasteiger partial charge in [0.1, 0.15) is 5.56 Å². The van der Waals surface area contributed by atoms with E-state index in [0.717, 1.165) is 38.5 Å². The average Bonchev–Trinajstić information content (AvgIpc) is 2.53. The molecule has 1 aromatic rings. The fraction of sp³-hybridized carbons (Fsp3) is 0.667. The van der Waals surface area contributed by atoms with Crippen LogP contribution in [0, 0.1) is 5.92 Å². The average molecular weight is 338 g/mol. The summed E-state index contributed by atoms with van der Waals surface area (Å²) in [4.78, 5) is 24.9. The third kappa shape index (κ3) is 3.52. The van der Waals surface area contributed by atoms with E-state index in [4.69, 9.17) is 0 Å². The fourth-order valence-corrected chi connectivity index (χ4v) is 3.74. The maximum atomic E-state index is 13.4. The standard InChI is InChI=1S/C18H24F2N2O2/c19-16(20)15(12-6-2-1-3-7-12)21-17(23)14-10-5-11-22(18(14)24)13-8-4-9-13/h5,10-13,15-16H,1-4,6-9H2,(H,21,23). The Morgan fingerprint density at radius 1 is 1.12 bits per heavy atom. The largest absolute Gasteiger partial charge is 0.343 e. The topological polar surface area (TPSA) is 51.1 Å². The van der Waals surface area contributed by atoms with Gasteiger partial charge in [-0.15, -0.1) is 0 Å². The number of rotatable bonds is 5. The van der Waals surface area contributed by atoms with Gasteiger partial charge in [0.15, 0.2) is 0 Å². The van der Waals surface area contributed by atoms with E-state index in [9.17, 15) is 18.4 Å². The van der Waals surface area contributed by atoms with E-state index in [0.29, 0.717) is 12.8 Å². The third-order valence-corrected chi connectivity index (χ3v) is 5.41. The van der Waals surface area contributed by atoms with Crippen molar-refractivity contribution in [3.63, 3.8) is 0 Å². The van der Waals surface area contributed by atoms with Gasteiger partial charge in [-0.3, -0.25) is 9.59 Å². The van der Waals surface area contributed by atoms with Crippen LogP contribution < -0.4 is 10.9 Å². The normalized spacial score (nSPS) is 20.6. The predicted octanol–water partition coefficient (Wildman–Crippen LogP) is 3.52. The van der Waals surface area contributed by atoms with Crippen molar-refractivity contribution in [2.45, 2.75) is 69.9 Å². The van der Waals surface area contributed by atoms with E-state index in [1.807, 2.05) is 0 Å². The Balaban J connectivity index is 1.76. The summed E-state index contributed by atoms with van der Waals surface area (Å²) in [6.07, 6.45) is 6.29. The molecule has 2 aliphatic carbocycles. The number of alkyl halides is 2. The molecule has 0 aromatic carbocycles. The van der Waals surface area contributed by atoms with Crippen LogP contribution in [0.1, 0.15) is 67.8 Å². The highest BCUT2D eigenvalue weighted by Crippen LogP contribution is 2.30. The van der Waals surface area contributed by atoms with E-state index in [1.165, 1.54) is 6.07 Å². The molecule has 0 aliphatic heterocycles. The molecule has 0 saturated heterocycles. The van der Waals surface area contributed by atoms with Crippen molar-refractivity contribution < 1.29 is 13.6 Å². The van der Waals surface area contributed by atoms with E-state index >= 15 is 0 Å². The molecule has 6 heteroatoms. The van der Waals surface area contributed by atoms with Crippen molar-refractivity contribution >= 4 is 5.91 Å². The number of hydrogen-bond donors (Lipinski definition) is 1. The molecule has 132 valence electrons. The summed E-state index contributed by atoms with van der Waals surface area (Å²) in [6.45, 7) is 0. The van der Waals surface area contributed by atoms with Gasteiger partial charge in [-0.25, -0.2) is 8.78 Å². The Morgan fingerprint density at radius 2 is 1.83 bits per heavy atom. The molecule has 1 unspecified atom stereocenters. The van der Waals surface area contributed by atoms with Crippen molar-refractivity contribution in [2.24, 2.45) is 5.92 Å². The van der Waals surface area contributed by atoms with Gasteiger partial charge in [-0.05, 0) is 50.2 Å². The van der Waals surface area contributed by atoms with E-state index < -0.39 is 18.4 Å². The molecule has 2 aliphatic rings. The number of carbonyl (C=O) groups excluding carboxylic acids is 1. The minimum absolute atomic E-state index is 0.0362. The van der Waals surface area contributed by atoms with Gasteiger partial charge in [0.2, 0.25) is 0 Å². The summed E-state index contributed by atoms with van der Waals surface area (Å²) in [5.41, 5.74) is -0.415. The van der Waals surface area contributed by atoms with Crippen molar-refractivity contribution in [3.8, 4) is 0 Å². The predicted molar refractivity (Wildman–Crippen MR) is 87.4 cm³/mol. The number of nitrogens with zero attached hydrogens (tertiary/aromatic N) is 1. The molecule has 24 heavy (non-hydrogen) atoms. The molecular weight excluding hydrogens is 314 g/mol. The Bertz CT molecular complexity index is 634. The van der Waals surface area contributed by atoms with Crippen molar-refractivity contribution in [1.82, 2.24) is 9.88 Å². The summed E-state index contributed by atoms with van der Waals surface area (Å²) in [5, 5.41) is 2.44. The lowest BCUT2D eigenvalue weighted by atomic mass is 9.84. The number of halogens is 2. The highest BCUT2D eigenvalue weighted by Gasteiger charge is 2.33. The van der Waals surface area contributed by atoms with E-state index in [2.05, 4.69) is 5.32 Å². The molecule has 1 N–H and O–H groups in total. The van der Waals surface area contributed by atoms with Gasteiger partial charge >= 0.3 is 0 Å². The lowest BCUT2D eigenvalue weighted by molar-refractivity contribution is 0.0500. The zero-order valence-corrected chi connectivity index (χ0v) is 13.7. The van der Waals surface area contributed by atoms with Crippen LogP contribution in [0.25, 0.3) is 0 Å². The molecular formula is C18H24F2N2O2. The molecule has 2 fully saturated rings. The minimum atomic E-state index is -2.62. The summed E-state index contributed by atoms with van der Waals surface area (Å²) in [6, 6.07) is 2.03. The molecule has 0 radical (unpaired) electrons. The van der Waals surface area contributed by atoms with Crippen molar-refractivity contribution in [1.29, 1.82) is 0 Å². The molecule has 4 nitrogen and oxygen atoms in total. The fourth-order valence-electron chi connectivity index (χ4n) is 3.74. The zero-order chi connectivity index (χ0) is 17.1. The Morgan fingerprint density at radius 3 is 2.42 bits per heavy atom. The van der Waals surface area contributed by atoms with E-state index in [1.54, 1.807) is 16.8 Å². The molecule has 1 atom stereocenters. The first-order valence-corrected chi connectivity index (χ1v) is 8.88. The first kappa shape index (κ1) is 17.1. The van der Waals surface area contributed by atoms with Gasteiger partial charge in [0.25, 0.3) is 17.9 Å². The molecule has 1 aromatic heterocycles. The monoisotopic (exact) mass is 338 g/mol. The SMILES string of the molecule is O=C(NC(C(F)F)C1CCCCC1)c1cccn(C2CCC2)c1=O. The Hall–Kier alpha value is -1.72. The number of nitrogens with one attached hydrogen (secondary N) is 1. The quantitative estimate of drug-likeness (QED) is 0.893. The maximum Gasteiger partial charge on any atom is 0.263 e. The molecule has 2 saturated carbocycles. The zero-order valence-electron chi connectivity index (χ0n) is 13.7. The summed E-state index contributed by atoms with van der Waals surface area (Å²) in [5.74, 6) is -0.884. The van der Waals surface area contributed by atoms with Crippen LogP contribution in [0.2, 0.25) is 0 Å². The molecule has 1 heterocycles. The molecule has 3 rings (SSSR count). The molecule has 0 spiro atoms. The van der Waals surface area contributed by atoms with Gasteiger partial charge in [-0.2, -0.15) is 0 Å². The van der Waals surface area contributed by atoms with Gasteiger partial charge in [0, 0.05) is 12.2 Å². The summed E-state index contributed by atoms with van der Waals surface area (Å²) in [7, 11) is 0. The van der Waals surface area contributed by atoms with Crippen LogP contribution in [-0.4, -0.2) is 22.9 Å². The third-order valence-electron chi connectivity index (χ3n) is 5.41. The second kappa shape index (κ2) is 7.45. The van der Waals surface area contributed by atoms with E-state index in [-0.39, 0.29) is 23.1 Å². The van der Waals surface area contributed by atoms with Gasteiger partial charge in [0.05, 0.1) is 6.04 Å². The minimum Gasteiger partial charge on any atom is -0.343 e. The smallest absolute Gasteiger partial charge is 0.263 e. The lowest BCUT2D eigenvalue weighted by Gasteiger charge is -2.30. The highest BCUT2D eigenvalue weighted by molar-refractivity contribution is 5.94. The second-order valence-electron chi connectivity index (χ2n) is 6.95. The van der Waals surface area contributed by atoms with Crippen molar-refractivity contribution in [2.75, 3.05) is 0 Å². The summed E-state index contributed by atoms with van der Waals surface area (Å²) < 4.78 is 28.4. The summed E-state index contributed by atoms with van der Waals surface area (Å²) >= 11 is 0. The van der Waals surface area contributed by atoms with Gasteiger partial charge in [-0.1, -0.05) is 19.3 Å². The first-order valence-electron chi connectivity index (χ1n) is 8.88. The maximum absolute atomic E-state index is 13.4. The number of pyridine rings is 1. The number of aromatic nitrogens is 1. The van der Waals surface area contributed by atoms with Crippen LogP contribution in [0.3, 0.4) is 0 Å². The second-order valence-corrected chi connectivity index (χ2v) is 6.95. The number of hydrogen-bond acceptors (Lipinski definition) is 2. The van der Waals surface area contributed by atoms with Crippen LogP contribution in [0.15, 0.2) is 23.1 Å². The first-order chi connectivity index (χ1) is 11.6. The van der Waals surface area contributed by atoms with Crippen LogP contribution in [-0.2, 0) is 0 Å². The lowest BCUT2D eigenvalue weighted by Crippen LogP contribution is -2.47. The van der Waals surface area contributed by atoms with Crippen molar-refractivity contribution in [3.05, 3.63) is 34.2 Å². The van der Waals surface area contributed by atoms with Gasteiger partial charge < -0.3 is 9.88 Å². The van der Waals surface area contributed by atoms with Crippen LogP contribution in [0.5, 0.6) is 0 Å².